The molecule has 94 valence electrons. The van der Waals surface area contributed by atoms with Crippen molar-refractivity contribution in [1.29, 1.82) is 0 Å². The van der Waals surface area contributed by atoms with E-state index in [9.17, 15) is 4.79 Å². The molecule has 0 aromatic heterocycles. The van der Waals surface area contributed by atoms with Gasteiger partial charge in [0.2, 0.25) is 5.91 Å². The highest BCUT2D eigenvalue weighted by molar-refractivity contribution is 5.83. The van der Waals surface area contributed by atoms with E-state index < -0.39 is 0 Å². The average Bonchev–Trinajstić information content (AvgIpc) is 2.26. The summed E-state index contributed by atoms with van der Waals surface area (Å²) in [4.78, 5) is 12.4. The molecule has 1 N–H and O–H groups in total. The summed E-state index contributed by atoms with van der Waals surface area (Å²) in [5.41, 5.74) is -0.209. The number of rotatable bonds is 2. The van der Waals surface area contributed by atoms with Gasteiger partial charge in [-0.25, -0.2) is 0 Å². The molecule has 1 fully saturated rings. The second-order valence-corrected chi connectivity index (χ2v) is 6.24. The van der Waals surface area contributed by atoms with E-state index in [0.717, 1.165) is 12.8 Å². The van der Waals surface area contributed by atoms with Crippen molar-refractivity contribution >= 4 is 5.91 Å². The van der Waals surface area contributed by atoms with Crippen LogP contribution in [0.15, 0.2) is 0 Å². The number of nitrogens with one attached hydrogen (secondary N) is 1. The molecule has 3 atom stereocenters. The third kappa shape index (κ3) is 2.26. The molecule has 1 aliphatic heterocycles. The van der Waals surface area contributed by atoms with Crippen LogP contribution in [0.25, 0.3) is 0 Å². The molecule has 1 rings (SSSR count). The van der Waals surface area contributed by atoms with Crippen molar-refractivity contribution in [2.45, 2.75) is 60.4 Å². The fourth-order valence-electron chi connectivity index (χ4n) is 3.07. The van der Waals surface area contributed by atoms with Crippen molar-refractivity contribution in [2.24, 2.45) is 23.2 Å². The van der Waals surface area contributed by atoms with Crippen LogP contribution in [0.4, 0.5) is 0 Å². The third-order valence-electron chi connectivity index (χ3n) is 4.55. The molecule has 1 aliphatic rings. The zero-order valence-electron chi connectivity index (χ0n) is 11.6. The molecule has 1 heterocycles. The van der Waals surface area contributed by atoms with E-state index in [0.29, 0.717) is 23.8 Å². The summed E-state index contributed by atoms with van der Waals surface area (Å²) in [6, 6.07) is 0.328. The smallest absolute Gasteiger partial charge is 0.226 e. The van der Waals surface area contributed by atoms with Crippen LogP contribution in [0.2, 0.25) is 0 Å². The Labute approximate surface area is 100 Å². The van der Waals surface area contributed by atoms with Crippen molar-refractivity contribution < 1.29 is 4.79 Å². The highest BCUT2D eigenvalue weighted by Gasteiger charge is 2.46. The maximum Gasteiger partial charge on any atom is 0.226 e. The Morgan fingerprint density at radius 3 is 2.25 bits per heavy atom. The van der Waals surface area contributed by atoms with E-state index in [1.54, 1.807) is 0 Å². The Hall–Kier alpha value is -0.530. The molecule has 0 bridgehead atoms. The Balaban J connectivity index is 3.07. The molecule has 1 saturated heterocycles. The predicted molar refractivity (Wildman–Crippen MR) is 68.1 cm³/mol. The molecule has 2 nitrogen and oxygen atoms in total. The molecule has 2 heteroatoms. The van der Waals surface area contributed by atoms with Crippen molar-refractivity contribution in [2.75, 3.05) is 0 Å². The minimum atomic E-state index is -0.209. The summed E-state index contributed by atoms with van der Waals surface area (Å²) in [7, 11) is 0. The van der Waals surface area contributed by atoms with Gasteiger partial charge in [-0.3, -0.25) is 4.79 Å². The first-order valence-electron chi connectivity index (χ1n) is 6.61. The van der Waals surface area contributed by atoms with E-state index in [1.807, 2.05) is 0 Å². The first kappa shape index (κ1) is 13.5. The highest BCUT2D eigenvalue weighted by Crippen LogP contribution is 2.44. The largest absolute Gasteiger partial charge is 0.353 e. The van der Waals surface area contributed by atoms with Crippen LogP contribution < -0.4 is 5.32 Å². The van der Waals surface area contributed by atoms with Crippen LogP contribution in [0.1, 0.15) is 54.4 Å². The maximum atomic E-state index is 12.4. The van der Waals surface area contributed by atoms with Crippen molar-refractivity contribution in [3.05, 3.63) is 0 Å². The first-order chi connectivity index (χ1) is 7.30. The third-order valence-corrected chi connectivity index (χ3v) is 4.55. The molecule has 0 spiro atoms. The highest BCUT2D eigenvalue weighted by atomic mass is 16.2. The molecule has 0 aromatic rings. The topological polar surface area (TPSA) is 29.1 Å². The van der Waals surface area contributed by atoms with E-state index in [1.165, 1.54) is 0 Å². The lowest BCUT2D eigenvalue weighted by molar-refractivity contribution is -0.137. The standard InChI is InChI=1S/C14H27NO/c1-9(2)12-8-7-11(5)15-13(16)14(12,6)10(3)4/h9-12H,7-8H2,1-6H3,(H,15,16). The number of hydrogen-bond donors (Lipinski definition) is 1. The summed E-state index contributed by atoms with van der Waals surface area (Å²) >= 11 is 0. The predicted octanol–water partition coefficient (Wildman–Crippen LogP) is 3.22. The monoisotopic (exact) mass is 225 g/mol. The zero-order valence-corrected chi connectivity index (χ0v) is 11.6. The lowest BCUT2D eigenvalue weighted by atomic mass is 9.63. The lowest BCUT2D eigenvalue weighted by Gasteiger charge is -2.40. The van der Waals surface area contributed by atoms with Gasteiger partial charge in [0.15, 0.2) is 0 Å². The normalized spacial score (nSPS) is 36.4. The fraction of sp³-hybridized carbons (Fsp3) is 0.929. The van der Waals surface area contributed by atoms with Crippen LogP contribution in [0.3, 0.4) is 0 Å². The van der Waals surface area contributed by atoms with Gasteiger partial charge < -0.3 is 5.32 Å². The van der Waals surface area contributed by atoms with Crippen LogP contribution in [0.5, 0.6) is 0 Å². The Bertz CT molecular complexity index is 259. The molecular weight excluding hydrogens is 198 g/mol. The van der Waals surface area contributed by atoms with Gasteiger partial charge in [0, 0.05) is 6.04 Å². The average molecular weight is 225 g/mol. The number of carbonyl (C=O) groups is 1. The van der Waals surface area contributed by atoms with Gasteiger partial charge in [0.05, 0.1) is 5.41 Å². The van der Waals surface area contributed by atoms with Crippen LogP contribution in [-0.2, 0) is 4.79 Å². The number of carbonyl (C=O) groups excluding carboxylic acids is 1. The van der Waals surface area contributed by atoms with Crippen molar-refractivity contribution in [3.63, 3.8) is 0 Å². The summed E-state index contributed by atoms with van der Waals surface area (Å²) < 4.78 is 0. The van der Waals surface area contributed by atoms with E-state index >= 15 is 0 Å². The van der Waals surface area contributed by atoms with Gasteiger partial charge in [-0.1, -0.05) is 34.6 Å². The molecule has 0 aliphatic carbocycles. The molecule has 0 aromatic carbocycles. The molecular formula is C14H27NO. The van der Waals surface area contributed by atoms with Crippen molar-refractivity contribution in [3.8, 4) is 0 Å². The number of amides is 1. The SMILES string of the molecule is CC1CCC(C(C)C)C(C)(C(C)C)C(=O)N1. The quantitative estimate of drug-likeness (QED) is 0.768. The minimum Gasteiger partial charge on any atom is -0.353 e. The zero-order chi connectivity index (χ0) is 12.5. The van der Waals surface area contributed by atoms with Gasteiger partial charge >= 0.3 is 0 Å². The molecule has 0 radical (unpaired) electrons. The van der Waals surface area contributed by atoms with Crippen LogP contribution >= 0.6 is 0 Å². The van der Waals surface area contributed by atoms with Gasteiger partial charge in [0.1, 0.15) is 0 Å². The minimum absolute atomic E-state index is 0.209. The molecule has 16 heavy (non-hydrogen) atoms. The molecule has 1 amide bonds. The van der Waals surface area contributed by atoms with Gasteiger partial charge in [-0.2, -0.15) is 0 Å². The Kier molecular flexibility index (Phi) is 4.03. The Morgan fingerprint density at radius 1 is 1.25 bits per heavy atom. The van der Waals surface area contributed by atoms with E-state index in [-0.39, 0.29) is 11.3 Å². The molecule has 3 unspecified atom stereocenters. The Morgan fingerprint density at radius 2 is 1.81 bits per heavy atom. The summed E-state index contributed by atoms with van der Waals surface area (Å²) in [6.45, 7) is 13.1. The van der Waals surface area contributed by atoms with Crippen molar-refractivity contribution in [1.82, 2.24) is 5.32 Å². The maximum absolute atomic E-state index is 12.4. The van der Waals surface area contributed by atoms with E-state index in [4.69, 9.17) is 0 Å². The van der Waals surface area contributed by atoms with Crippen LogP contribution in [0, 0.1) is 23.2 Å². The molecule has 0 saturated carbocycles. The second-order valence-electron chi connectivity index (χ2n) is 6.24. The fourth-order valence-corrected chi connectivity index (χ4v) is 3.07. The summed E-state index contributed by atoms with van der Waals surface area (Å²) in [6.07, 6.45) is 2.27. The van der Waals surface area contributed by atoms with Gasteiger partial charge in [-0.15, -0.1) is 0 Å². The lowest BCUT2D eigenvalue weighted by Crippen LogP contribution is -2.48. The second kappa shape index (κ2) is 4.77. The van der Waals surface area contributed by atoms with Gasteiger partial charge in [0.25, 0.3) is 0 Å². The summed E-state index contributed by atoms with van der Waals surface area (Å²) in [5, 5.41) is 3.16. The first-order valence-corrected chi connectivity index (χ1v) is 6.61. The number of hydrogen-bond acceptors (Lipinski definition) is 1. The van der Waals surface area contributed by atoms with Gasteiger partial charge in [-0.05, 0) is 37.5 Å². The summed E-state index contributed by atoms with van der Waals surface area (Å²) in [5.74, 6) is 1.72. The van der Waals surface area contributed by atoms with Crippen LogP contribution in [-0.4, -0.2) is 11.9 Å². The van der Waals surface area contributed by atoms with E-state index in [2.05, 4.69) is 46.9 Å².